The third-order valence-electron chi connectivity index (χ3n) is 19.4. The maximum atomic E-state index is 15.2. The average Bonchev–Trinajstić information content (AvgIpc) is 1.30. The van der Waals surface area contributed by atoms with Crippen LogP contribution < -0.4 is 16.0 Å². The first kappa shape index (κ1) is 75.8. The molecule has 11 amide bonds. The Hall–Kier alpha value is -6.93. The summed E-state index contributed by atoms with van der Waals surface area (Å²) in [6.07, 6.45) is -2.14. The van der Waals surface area contributed by atoms with E-state index in [4.69, 9.17) is 4.74 Å². The first-order valence-corrected chi connectivity index (χ1v) is 32.6. The molecule has 0 radical (unpaired) electrons. The minimum atomic E-state index is -5.00. The highest BCUT2D eigenvalue weighted by molar-refractivity contribution is 6.00. The van der Waals surface area contributed by atoms with Crippen LogP contribution in [0.25, 0.3) is 0 Å². The Morgan fingerprint density at radius 1 is 0.663 bits per heavy atom. The zero-order valence-corrected chi connectivity index (χ0v) is 56.6. The van der Waals surface area contributed by atoms with Crippen molar-refractivity contribution in [3.63, 3.8) is 0 Å². The van der Waals surface area contributed by atoms with E-state index in [1.165, 1.54) is 78.6 Å². The molecule has 3 aliphatic heterocycles. The van der Waals surface area contributed by atoms with Gasteiger partial charge in [0.05, 0.1) is 18.7 Å². The highest BCUT2D eigenvalue weighted by atomic mass is 19.4. The largest absolute Gasteiger partial charge is 0.419 e. The van der Waals surface area contributed by atoms with Gasteiger partial charge in [-0.25, -0.2) is 4.39 Å². The number of carbonyl (C=O) groups is 11. The van der Waals surface area contributed by atoms with Gasteiger partial charge in [0, 0.05) is 74.4 Å². The number of hydrogen-bond donors (Lipinski definition) is 3. The van der Waals surface area contributed by atoms with Crippen LogP contribution in [0.4, 0.5) is 17.6 Å². The van der Waals surface area contributed by atoms with Gasteiger partial charge in [0.25, 0.3) is 0 Å². The standard InChI is InChI=1S/C65H101F4N11O12/c1-16-32-92-37-50-59(87)73(10)36-51(81)70-46(26-24-43-23-25-44(45(66)35-43)65(67,68)69)58(86)79-30-21-22-47(79)56(84)72-64(28-19-20-29-64)63(91)78(15)54(40(7)18-3)62(90)74(11)41(8)34-52(82)76(13)49(33-38(4)5)55(83)71-53(39(6)17-2)61(89)75(12)42(9)57(85)80-31-27-48(80)60(88)77(50)14/h23,25,35,38-42,46-50,53-54H,16-22,24,26-34,36-37H2,1-15H3,(H,70,81)(H,71,83)(H,72,84)/t39-,40-,41+,42-,46-,47-,48-,49-,50-,53-,54-/m0/s1. The van der Waals surface area contributed by atoms with E-state index < -0.39 is 161 Å². The summed E-state index contributed by atoms with van der Waals surface area (Å²) in [5.74, 6) is -9.69. The molecule has 1 spiro atoms. The monoisotopic (exact) mass is 1300 g/mol. The van der Waals surface area contributed by atoms with Gasteiger partial charge in [0.1, 0.15) is 59.7 Å². The second-order valence-corrected chi connectivity index (χ2v) is 26.4. The average molecular weight is 1300 g/mol. The van der Waals surface area contributed by atoms with Gasteiger partial charge in [-0.2, -0.15) is 13.2 Å². The molecule has 1 saturated carbocycles. The molecule has 0 aromatic heterocycles. The molecule has 1 aromatic carbocycles. The fourth-order valence-corrected chi connectivity index (χ4v) is 12.7. The highest BCUT2D eigenvalue weighted by Crippen LogP contribution is 2.36. The van der Waals surface area contributed by atoms with Gasteiger partial charge in [0.15, 0.2) is 0 Å². The number of likely N-dealkylation sites (N-methyl/N-ethyl adjacent to an activating group) is 6. The van der Waals surface area contributed by atoms with Crippen LogP contribution in [0.15, 0.2) is 18.2 Å². The first-order valence-electron chi connectivity index (χ1n) is 32.6. The molecular formula is C65H101F4N11O12. The topological polar surface area (TPSA) is 259 Å². The maximum absolute atomic E-state index is 15.2. The number of amides is 11. The zero-order chi connectivity index (χ0) is 69.0. The molecule has 4 aliphatic rings. The minimum Gasteiger partial charge on any atom is -0.379 e. The Labute approximate surface area is 539 Å². The van der Waals surface area contributed by atoms with Gasteiger partial charge in [-0.1, -0.05) is 80.2 Å². The van der Waals surface area contributed by atoms with Crippen LogP contribution in [0.1, 0.15) is 157 Å². The lowest BCUT2D eigenvalue weighted by Gasteiger charge is -2.45. The van der Waals surface area contributed by atoms with Gasteiger partial charge in [-0.15, -0.1) is 0 Å². The van der Waals surface area contributed by atoms with Crippen LogP contribution in [0.3, 0.4) is 0 Å². The molecule has 92 heavy (non-hydrogen) atoms. The number of benzene rings is 1. The Balaban J connectivity index is 1.58. The molecular weight excluding hydrogens is 1200 g/mol. The predicted octanol–water partition coefficient (Wildman–Crippen LogP) is 4.37. The molecule has 3 N–H and O–H groups in total. The summed E-state index contributed by atoms with van der Waals surface area (Å²) in [7, 11) is 8.56. The quantitative estimate of drug-likeness (QED) is 0.184. The second kappa shape index (κ2) is 32.8. The third kappa shape index (κ3) is 17.8. The van der Waals surface area contributed by atoms with E-state index in [0.717, 1.165) is 15.9 Å². The van der Waals surface area contributed by atoms with Crippen molar-refractivity contribution in [2.24, 2.45) is 17.8 Å². The molecule has 3 saturated heterocycles. The van der Waals surface area contributed by atoms with Gasteiger partial charge in [0.2, 0.25) is 65.0 Å². The van der Waals surface area contributed by atoms with Crippen molar-refractivity contribution < 1.29 is 75.0 Å². The molecule has 11 atom stereocenters. The van der Waals surface area contributed by atoms with Gasteiger partial charge in [-0.05, 0) is 107 Å². The molecule has 516 valence electrons. The fraction of sp³-hybridized carbons (Fsp3) is 0.738. The number of hydrogen-bond acceptors (Lipinski definition) is 12. The lowest BCUT2D eigenvalue weighted by Crippen LogP contribution is -2.65. The van der Waals surface area contributed by atoms with E-state index >= 15 is 4.79 Å². The number of aryl methyl sites for hydroxylation is 1. The minimum absolute atomic E-state index is 0.00663. The van der Waals surface area contributed by atoms with E-state index in [1.807, 2.05) is 41.5 Å². The summed E-state index contributed by atoms with van der Waals surface area (Å²) < 4.78 is 61.6. The van der Waals surface area contributed by atoms with Crippen molar-refractivity contribution in [2.45, 2.75) is 218 Å². The molecule has 0 bridgehead atoms. The number of fused-ring (bicyclic) bond motifs is 2. The molecule has 5 rings (SSSR count). The van der Waals surface area contributed by atoms with Crippen LogP contribution in [0, 0.1) is 23.6 Å². The van der Waals surface area contributed by atoms with Crippen LogP contribution in [-0.4, -0.2) is 239 Å². The number of rotatable bonds is 13. The molecule has 4 fully saturated rings. The Bertz CT molecular complexity index is 2840. The number of carbonyl (C=O) groups excluding carboxylic acids is 11. The molecule has 0 unspecified atom stereocenters. The Kier molecular flexibility index (Phi) is 27.0. The second-order valence-electron chi connectivity index (χ2n) is 26.4. The van der Waals surface area contributed by atoms with Crippen molar-refractivity contribution in [3.8, 4) is 0 Å². The van der Waals surface area contributed by atoms with Crippen LogP contribution >= 0.6 is 0 Å². The summed E-state index contributed by atoms with van der Waals surface area (Å²) in [5.41, 5.74) is -2.98. The summed E-state index contributed by atoms with van der Waals surface area (Å²) in [6.45, 7) is 15.3. The molecule has 3 heterocycles. The third-order valence-corrected chi connectivity index (χ3v) is 19.4. The van der Waals surface area contributed by atoms with Gasteiger partial charge >= 0.3 is 6.18 Å². The van der Waals surface area contributed by atoms with Crippen molar-refractivity contribution in [1.29, 1.82) is 0 Å². The number of nitrogens with zero attached hydrogens (tertiary/aromatic N) is 8. The van der Waals surface area contributed by atoms with Gasteiger partial charge in [-0.3, -0.25) is 52.7 Å². The van der Waals surface area contributed by atoms with Crippen molar-refractivity contribution in [1.82, 2.24) is 55.1 Å². The SMILES string of the molecule is CCCOC[C@H]1C(=O)N(C)CC(=O)N[C@@H](CCc2ccc(C(F)(F)F)c(F)c2)C(=O)N2CCC[C@H]2C(=O)NC2(CCCC2)C(=O)N(C)[C@@H]([C@@H](C)CC)C(=O)N(C)[C@H](C)CC(=O)N(C)[C@@H](CC(C)C)C(=O)N[C@@H]([C@@H](C)CC)C(=O)N(C)[C@@H](C)C(=O)N2CC[C@H]2C(=O)N1C. The fourth-order valence-electron chi connectivity index (χ4n) is 12.7. The van der Waals surface area contributed by atoms with Crippen molar-refractivity contribution in [3.05, 3.63) is 35.1 Å². The van der Waals surface area contributed by atoms with Gasteiger partial charge < -0.3 is 59.9 Å². The number of alkyl halides is 3. The van der Waals surface area contributed by atoms with Crippen LogP contribution in [-0.2, 0) is 70.1 Å². The molecule has 1 aromatic rings. The van der Waals surface area contributed by atoms with E-state index in [1.54, 1.807) is 13.8 Å². The lowest BCUT2D eigenvalue weighted by atomic mass is 9.90. The first-order chi connectivity index (χ1) is 43.1. The molecule has 27 heteroatoms. The Morgan fingerprint density at radius 3 is 1.86 bits per heavy atom. The smallest absolute Gasteiger partial charge is 0.379 e. The van der Waals surface area contributed by atoms with Crippen molar-refractivity contribution >= 4 is 65.0 Å². The maximum Gasteiger partial charge on any atom is 0.419 e. The summed E-state index contributed by atoms with van der Waals surface area (Å²) in [6, 6.07) is -8.11. The van der Waals surface area contributed by atoms with E-state index in [0.29, 0.717) is 50.7 Å². The number of halogens is 4. The normalized spacial score (nSPS) is 27.3. The Morgan fingerprint density at radius 2 is 1.29 bits per heavy atom. The summed E-state index contributed by atoms with van der Waals surface area (Å²) in [5, 5.41) is 8.57. The van der Waals surface area contributed by atoms with Crippen LogP contribution in [0.2, 0.25) is 0 Å². The van der Waals surface area contributed by atoms with Crippen LogP contribution in [0.5, 0.6) is 0 Å². The molecule has 23 nitrogen and oxygen atoms in total. The van der Waals surface area contributed by atoms with Crippen molar-refractivity contribution in [2.75, 3.05) is 75.1 Å². The summed E-state index contributed by atoms with van der Waals surface area (Å²) in [4.78, 5) is 171. The summed E-state index contributed by atoms with van der Waals surface area (Å²) >= 11 is 0. The lowest BCUT2D eigenvalue weighted by molar-refractivity contribution is -0.161. The van der Waals surface area contributed by atoms with E-state index in [2.05, 4.69) is 16.0 Å². The highest BCUT2D eigenvalue weighted by Gasteiger charge is 2.51. The van der Waals surface area contributed by atoms with E-state index in [9.17, 15) is 65.5 Å². The zero-order valence-electron chi connectivity index (χ0n) is 56.6. The van der Waals surface area contributed by atoms with E-state index in [-0.39, 0.29) is 89.2 Å². The predicted molar refractivity (Wildman–Crippen MR) is 334 cm³/mol. The number of nitrogens with one attached hydrogen (secondary N) is 3. The number of ether oxygens (including phenoxy) is 1. The molecule has 1 aliphatic carbocycles.